The van der Waals surface area contributed by atoms with Crippen LogP contribution < -0.4 is 0 Å². The number of hydrogen-bond acceptors (Lipinski definition) is 1. The fraction of sp³-hybridized carbons (Fsp3) is 0. The molecule has 0 saturated carbocycles. The third kappa shape index (κ3) is 2.83. The number of halogens is 2. The van der Waals surface area contributed by atoms with Crippen molar-refractivity contribution >= 4 is 27.7 Å². The third-order valence-corrected chi connectivity index (χ3v) is 3.42. The second-order valence-corrected chi connectivity index (χ2v) is 5.02. The smallest absolute Gasteiger partial charge is 0.138 e. The molecule has 0 spiro atoms. The Morgan fingerprint density at radius 3 is 2.40 bits per heavy atom. The first-order valence-corrected chi connectivity index (χ1v) is 6.04. The molecule has 0 atom stereocenters. The molecule has 3 heteroatoms. The maximum Gasteiger partial charge on any atom is 0.138 e. The van der Waals surface area contributed by atoms with Crippen molar-refractivity contribution in [3.05, 3.63) is 58.8 Å². The van der Waals surface area contributed by atoms with Gasteiger partial charge in [-0.15, -0.1) is 0 Å². The molecular weight excluding hydrogens is 275 g/mol. The van der Waals surface area contributed by atoms with E-state index in [2.05, 4.69) is 15.9 Å². The molecule has 0 nitrogen and oxygen atoms in total. The molecule has 15 heavy (non-hydrogen) atoms. The zero-order valence-electron chi connectivity index (χ0n) is 7.78. The van der Waals surface area contributed by atoms with E-state index in [0.717, 1.165) is 9.37 Å². The van der Waals surface area contributed by atoms with Gasteiger partial charge in [-0.1, -0.05) is 45.9 Å². The van der Waals surface area contributed by atoms with E-state index in [9.17, 15) is 4.39 Å². The Balaban J connectivity index is 2.25. The highest BCUT2D eigenvalue weighted by Crippen LogP contribution is 2.30. The van der Waals surface area contributed by atoms with Crippen molar-refractivity contribution in [2.24, 2.45) is 0 Å². The molecule has 0 aliphatic rings. The van der Waals surface area contributed by atoms with Crippen molar-refractivity contribution in [1.29, 1.82) is 0 Å². The van der Waals surface area contributed by atoms with Gasteiger partial charge in [-0.2, -0.15) is 0 Å². The summed E-state index contributed by atoms with van der Waals surface area (Å²) >= 11 is 4.66. The van der Waals surface area contributed by atoms with E-state index in [0.29, 0.717) is 4.90 Å². The van der Waals surface area contributed by atoms with E-state index >= 15 is 0 Å². The van der Waals surface area contributed by atoms with Crippen LogP contribution in [0.2, 0.25) is 0 Å². The van der Waals surface area contributed by atoms with Crippen LogP contribution in [-0.2, 0) is 0 Å². The number of benzene rings is 2. The maximum atomic E-state index is 13.5. The summed E-state index contributed by atoms with van der Waals surface area (Å²) in [5.41, 5.74) is 0. The Kier molecular flexibility index (Phi) is 3.44. The molecule has 0 bridgehead atoms. The van der Waals surface area contributed by atoms with Gasteiger partial charge in [0.05, 0.1) is 0 Å². The first-order chi connectivity index (χ1) is 7.25. The van der Waals surface area contributed by atoms with Crippen LogP contribution in [0.15, 0.2) is 62.8 Å². The molecule has 2 aromatic rings. The normalized spacial score (nSPS) is 10.3. The Bertz CT molecular complexity index is 456. The predicted molar refractivity (Wildman–Crippen MR) is 64.7 cm³/mol. The first kappa shape index (κ1) is 10.7. The van der Waals surface area contributed by atoms with Gasteiger partial charge in [0.2, 0.25) is 0 Å². The van der Waals surface area contributed by atoms with E-state index < -0.39 is 0 Å². The monoisotopic (exact) mass is 282 g/mol. The fourth-order valence-electron chi connectivity index (χ4n) is 1.17. The molecule has 0 radical (unpaired) electrons. The van der Waals surface area contributed by atoms with Gasteiger partial charge in [0.15, 0.2) is 0 Å². The van der Waals surface area contributed by atoms with Gasteiger partial charge >= 0.3 is 0 Å². The first-order valence-electron chi connectivity index (χ1n) is 4.43. The maximum absolute atomic E-state index is 13.5. The van der Waals surface area contributed by atoms with Gasteiger partial charge in [-0.25, -0.2) is 4.39 Å². The lowest BCUT2D eigenvalue weighted by Gasteiger charge is -2.03. The SMILES string of the molecule is Fc1cc(Br)ccc1Sc1ccccc1. The standard InChI is InChI=1S/C12H8BrFS/c13-9-6-7-12(11(14)8-9)15-10-4-2-1-3-5-10/h1-8H. The molecule has 76 valence electrons. The van der Waals surface area contributed by atoms with Crippen molar-refractivity contribution in [3.8, 4) is 0 Å². The molecule has 0 aliphatic carbocycles. The second-order valence-electron chi connectivity index (χ2n) is 2.99. The van der Waals surface area contributed by atoms with Crippen LogP contribution in [0.25, 0.3) is 0 Å². The lowest BCUT2D eigenvalue weighted by molar-refractivity contribution is 0.601. The van der Waals surface area contributed by atoms with Crippen LogP contribution in [0.4, 0.5) is 4.39 Å². The summed E-state index contributed by atoms with van der Waals surface area (Å²) in [6, 6.07) is 14.9. The van der Waals surface area contributed by atoms with Crippen molar-refractivity contribution < 1.29 is 4.39 Å². The highest BCUT2D eigenvalue weighted by Gasteiger charge is 2.03. The molecule has 2 rings (SSSR count). The van der Waals surface area contributed by atoms with Gasteiger partial charge in [-0.3, -0.25) is 0 Å². The summed E-state index contributed by atoms with van der Waals surface area (Å²) in [5, 5.41) is 0. The quantitative estimate of drug-likeness (QED) is 0.767. The predicted octanol–water partition coefficient (Wildman–Crippen LogP) is 4.74. The third-order valence-electron chi connectivity index (χ3n) is 1.86. The lowest BCUT2D eigenvalue weighted by atomic mass is 10.3. The van der Waals surface area contributed by atoms with E-state index in [1.165, 1.54) is 17.8 Å². The number of rotatable bonds is 2. The summed E-state index contributed by atoms with van der Waals surface area (Å²) in [5.74, 6) is -0.196. The van der Waals surface area contributed by atoms with Crippen LogP contribution in [0.1, 0.15) is 0 Å². The summed E-state index contributed by atoms with van der Waals surface area (Å²) in [7, 11) is 0. The molecule has 0 unspecified atom stereocenters. The second kappa shape index (κ2) is 4.81. The molecule has 0 aliphatic heterocycles. The fourth-order valence-corrected chi connectivity index (χ4v) is 2.35. The average molecular weight is 283 g/mol. The van der Waals surface area contributed by atoms with Crippen molar-refractivity contribution in [2.45, 2.75) is 9.79 Å². The average Bonchev–Trinajstić information content (AvgIpc) is 2.24. The van der Waals surface area contributed by atoms with E-state index in [4.69, 9.17) is 0 Å². The van der Waals surface area contributed by atoms with Crippen LogP contribution in [-0.4, -0.2) is 0 Å². The Labute approximate surface area is 101 Å². The Morgan fingerprint density at radius 2 is 1.73 bits per heavy atom. The van der Waals surface area contributed by atoms with Crippen molar-refractivity contribution in [1.82, 2.24) is 0 Å². The zero-order chi connectivity index (χ0) is 10.7. The van der Waals surface area contributed by atoms with Gasteiger partial charge in [0.1, 0.15) is 5.82 Å². The minimum atomic E-state index is -0.196. The summed E-state index contributed by atoms with van der Waals surface area (Å²) < 4.78 is 14.2. The molecule has 0 fully saturated rings. The highest BCUT2D eigenvalue weighted by atomic mass is 79.9. The van der Waals surface area contributed by atoms with Gasteiger partial charge in [0.25, 0.3) is 0 Å². The summed E-state index contributed by atoms with van der Waals surface area (Å²) in [6.07, 6.45) is 0. The van der Waals surface area contributed by atoms with Crippen LogP contribution in [0, 0.1) is 5.82 Å². The minimum absolute atomic E-state index is 0.196. The zero-order valence-corrected chi connectivity index (χ0v) is 10.2. The van der Waals surface area contributed by atoms with E-state index in [1.54, 1.807) is 6.07 Å². The molecule has 0 heterocycles. The molecule has 0 amide bonds. The van der Waals surface area contributed by atoms with Crippen LogP contribution >= 0.6 is 27.7 Å². The largest absolute Gasteiger partial charge is 0.206 e. The van der Waals surface area contributed by atoms with Crippen molar-refractivity contribution in [2.75, 3.05) is 0 Å². The van der Waals surface area contributed by atoms with Gasteiger partial charge in [0, 0.05) is 14.3 Å². The minimum Gasteiger partial charge on any atom is -0.206 e. The summed E-state index contributed by atoms with van der Waals surface area (Å²) in [6.45, 7) is 0. The molecular formula is C12H8BrFS. The highest BCUT2D eigenvalue weighted by molar-refractivity contribution is 9.10. The topological polar surface area (TPSA) is 0 Å². The molecule has 0 saturated heterocycles. The number of hydrogen-bond donors (Lipinski definition) is 0. The molecule has 2 aromatic carbocycles. The van der Waals surface area contributed by atoms with Crippen LogP contribution in [0.5, 0.6) is 0 Å². The van der Waals surface area contributed by atoms with Crippen molar-refractivity contribution in [3.63, 3.8) is 0 Å². The Morgan fingerprint density at radius 1 is 1.00 bits per heavy atom. The molecule has 0 N–H and O–H groups in total. The summed E-state index contributed by atoms with van der Waals surface area (Å²) in [4.78, 5) is 1.68. The van der Waals surface area contributed by atoms with E-state index in [1.807, 2.05) is 36.4 Å². The van der Waals surface area contributed by atoms with Gasteiger partial charge < -0.3 is 0 Å². The van der Waals surface area contributed by atoms with Crippen LogP contribution in [0.3, 0.4) is 0 Å². The molecule has 0 aromatic heterocycles. The van der Waals surface area contributed by atoms with Gasteiger partial charge in [-0.05, 0) is 30.3 Å². The Hall–Kier alpha value is -0.800. The van der Waals surface area contributed by atoms with E-state index in [-0.39, 0.29) is 5.82 Å². The lowest BCUT2D eigenvalue weighted by Crippen LogP contribution is -1.80.